The molecule has 0 unspecified atom stereocenters. The largest absolute Gasteiger partial charge is 0.325 e. The average molecular weight is 458 g/mol. The van der Waals surface area contributed by atoms with E-state index in [0.29, 0.717) is 29.5 Å². The van der Waals surface area contributed by atoms with Gasteiger partial charge in [0.1, 0.15) is 6.33 Å². The van der Waals surface area contributed by atoms with E-state index in [1.54, 1.807) is 30.6 Å². The Morgan fingerprint density at radius 1 is 1.16 bits per heavy atom. The van der Waals surface area contributed by atoms with Crippen molar-refractivity contribution in [2.45, 2.75) is 24.9 Å². The molecule has 4 rings (SSSR count). The summed E-state index contributed by atoms with van der Waals surface area (Å²) in [5.41, 5.74) is 3.41. The van der Waals surface area contributed by atoms with Gasteiger partial charge in [-0.05, 0) is 48.7 Å². The van der Waals surface area contributed by atoms with E-state index in [1.807, 2.05) is 22.8 Å². The predicted octanol–water partition coefficient (Wildman–Crippen LogP) is 3.10. The highest BCUT2D eigenvalue weighted by Gasteiger charge is 2.28. The molecule has 1 amide bonds. The van der Waals surface area contributed by atoms with E-state index in [0.717, 1.165) is 12.1 Å². The van der Waals surface area contributed by atoms with Crippen molar-refractivity contribution in [2.75, 3.05) is 27.7 Å². The van der Waals surface area contributed by atoms with Crippen molar-refractivity contribution < 1.29 is 13.2 Å². The van der Waals surface area contributed by atoms with E-state index >= 15 is 0 Å². The Morgan fingerprint density at radius 2 is 1.94 bits per heavy atom. The number of hydrogen-bond donors (Lipinski definition) is 1. The molecule has 0 aliphatic carbocycles. The minimum Gasteiger partial charge on any atom is -0.325 e. The van der Waals surface area contributed by atoms with Crippen LogP contribution in [-0.2, 0) is 21.2 Å². The van der Waals surface area contributed by atoms with Crippen LogP contribution in [0.25, 0.3) is 5.69 Å². The van der Waals surface area contributed by atoms with Crippen LogP contribution >= 0.6 is 11.8 Å². The average Bonchev–Trinajstić information content (AvgIpc) is 3.38. The highest BCUT2D eigenvalue weighted by molar-refractivity contribution is 7.99. The summed E-state index contributed by atoms with van der Waals surface area (Å²) in [6, 6.07) is 14.9. The Labute approximate surface area is 185 Å². The molecule has 31 heavy (non-hydrogen) atoms. The van der Waals surface area contributed by atoms with Gasteiger partial charge in [0.25, 0.3) is 0 Å². The number of nitrogens with zero attached hydrogens (tertiary/aromatic N) is 4. The molecule has 0 atom stereocenters. The zero-order valence-corrected chi connectivity index (χ0v) is 18.7. The number of carbonyl (C=O) groups is 1. The van der Waals surface area contributed by atoms with Gasteiger partial charge in [0.2, 0.25) is 15.9 Å². The third-order valence-electron chi connectivity index (χ3n) is 5.02. The lowest BCUT2D eigenvalue weighted by Crippen LogP contribution is -2.25. The molecule has 1 saturated heterocycles. The first kappa shape index (κ1) is 21.4. The van der Waals surface area contributed by atoms with Crippen LogP contribution in [0.3, 0.4) is 0 Å². The summed E-state index contributed by atoms with van der Waals surface area (Å²) in [7, 11) is -3.21. The van der Waals surface area contributed by atoms with Crippen molar-refractivity contribution in [3.63, 3.8) is 0 Å². The van der Waals surface area contributed by atoms with Crippen LogP contribution in [0.5, 0.6) is 0 Å². The molecule has 2 heterocycles. The Bertz CT molecular complexity index is 1180. The molecule has 1 fully saturated rings. The van der Waals surface area contributed by atoms with E-state index in [1.165, 1.54) is 21.6 Å². The van der Waals surface area contributed by atoms with Gasteiger partial charge in [0.15, 0.2) is 5.16 Å². The number of amides is 1. The molecule has 10 heteroatoms. The molecule has 0 spiro atoms. The number of sulfonamides is 1. The predicted molar refractivity (Wildman–Crippen MR) is 122 cm³/mol. The topological polar surface area (TPSA) is 97.2 Å². The fourth-order valence-corrected chi connectivity index (χ4v) is 5.79. The van der Waals surface area contributed by atoms with Crippen LogP contribution in [0.2, 0.25) is 0 Å². The van der Waals surface area contributed by atoms with Crippen molar-refractivity contribution in [3.05, 3.63) is 60.4 Å². The summed E-state index contributed by atoms with van der Waals surface area (Å²) in [6.45, 7) is 2.58. The molecule has 1 aliphatic rings. The summed E-state index contributed by atoms with van der Waals surface area (Å²) in [5.74, 6) is 0.176. The van der Waals surface area contributed by atoms with E-state index in [9.17, 15) is 13.2 Å². The minimum atomic E-state index is -3.21. The number of carbonyl (C=O) groups excluding carboxylic acids is 1. The fraction of sp³-hybridized carbons (Fsp3) is 0.286. The molecule has 162 valence electrons. The van der Waals surface area contributed by atoms with Gasteiger partial charge in [-0.25, -0.2) is 8.42 Å². The second-order valence-electron chi connectivity index (χ2n) is 7.09. The van der Waals surface area contributed by atoms with E-state index < -0.39 is 10.0 Å². The van der Waals surface area contributed by atoms with Gasteiger partial charge in [-0.15, -0.1) is 10.2 Å². The lowest BCUT2D eigenvalue weighted by atomic mass is 10.1. The number of para-hydroxylation sites is 1. The first-order valence-corrected chi connectivity index (χ1v) is 12.6. The van der Waals surface area contributed by atoms with Crippen LogP contribution in [-0.4, -0.2) is 47.1 Å². The molecular weight excluding hydrogens is 434 g/mol. The maximum Gasteiger partial charge on any atom is 0.235 e. The first-order valence-electron chi connectivity index (χ1n) is 9.99. The summed E-state index contributed by atoms with van der Waals surface area (Å²) in [5, 5.41) is 11.6. The second-order valence-corrected chi connectivity index (χ2v) is 10.0. The van der Waals surface area contributed by atoms with Crippen molar-refractivity contribution in [3.8, 4) is 5.69 Å². The molecule has 0 saturated carbocycles. The number of rotatable bonds is 7. The number of thioether (sulfide) groups is 1. The maximum atomic E-state index is 12.4. The molecule has 1 aliphatic heterocycles. The molecular formula is C21H23N5O3S2. The number of benzene rings is 2. The van der Waals surface area contributed by atoms with Gasteiger partial charge in [0.05, 0.1) is 22.9 Å². The van der Waals surface area contributed by atoms with Crippen LogP contribution in [0.15, 0.2) is 60.0 Å². The highest BCUT2D eigenvalue weighted by Crippen LogP contribution is 2.26. The van der Waals surface area contributed by atoms with Crippen molar-refractivity contribution in [1.82, 2.24) is 14.8 Å². The van der Waals surface area contributed by atoms with Crippen LogP contribution in [0, 0.1) is 0 Å². The van der Waals surface area contributed by atoms with Crippen LogP contribution in [0.4, 0.5) is 11.4 Å². The lowest BCUT2D eigenvalue weighted by molar-refractivity contribution is -0.113. The molecule has 0 bridgehead atoms. The number of hydrogen-bond acceptors (Lipinski definition) is 6. The van der Waals surface area contributed by atoms with E-state index in [2.05, 4.69) is 28.5 Å². The van der Waals surface area contributed by atoms with Gasteiger partial charge in [0, 0.05) is 12.2 Å². The van der Waals surface area contributed by atoms with Gasteiger partial charge in [-0.2, -0.15) is 0 Å². The summed E-state index contributed by atoms with van der Waals surface area (Å²) >= 11 is 1.31. The van der Waals surface area contributed by atoms with Crippen LogP contribution < -0.4 is 9.62 Å². The van der Waals surface area contributed by atoms with Gasteiger partial charge in [-0.3, -0.25) is 13.7 Å². The first-order chi connectivity index (χ1) is 15.0. The van der Waals surface area contributed by atoms with Gasteiger partial charge < -0.3 is 5.32 Å². The number of nitrogens with one attached hydrogen (secondary N) is 1. The molecule has 2 aromatic carbocycles. The number of aromatic nitrogens is 3. The Kier molecular flexibility index (Phi) is 6.28. The second kappa shape index (κ2) is 9.11. The standard InChI is InChI=1S/C21H23N5O3S2/c1-2-16-6-3-4-7-19(16)25-15-22-24-21(25)30-14-20(27)23-17-8-10-18(11-9-17)26-12-5-13-31(26,28)29/h3-4,6-11,15H,2,5,12-14H2,1H3,(H,23,27). The normalized spacial score (nSPS) is 15.2. The van der Waals surface area contributed by atoms with Gasteiger partial charge >= 0.3 is 0 Å². The van der Waals surface area contributed by atoms with E-state index in [4.69, 9.17) is 0 Å². The number of anilines is 2. The quantitative estimate of drug-likeness (QED) is 0.548. The summed E-state index contributed by atoms with van der Waals surface area (Å²) in [6.07, 6.45) is 3.17. The van der Waals surface area contributed by atoms with Gasteiger partial charge in [-0.1, -0.05) is 36.9 Å². The van der Waals surface area contributed by atoms with Crippen LogP contribution in [0.1, 0.15) is 18.9 Å². The lowest BCUT2D eigenvalue weighted by Gasteiger charge is -2.17. The van der Waals surface area contributed by atoms with Crippen molar-refractivity contribution in [2.24, 2.45) is 0 Å². The zero-order chi connectivity index (χ0) is 21.8. The molecule has 3 aromatic rings. The third kappa shape index (κ3) is 4.75. The monoisotopic (exact) mass is 457 g/mol. The Balaban J connectivity index is 1.38. The zero-order valence-electron chi connectivity index (χ0n) is 17.1. The molecule has 1 N–H and O–H groups in total. The van der Waals surface area contributed by atoms with Crippen molar-refractivity contribution >= 4 is 39.1 Å². The Hall–Kier alpha value is -2.85. The molecule has 0 radical (unpaired) electrons. The minimum absolute atomic E-state index is 0.176. The highest BCUT2D eigenvalue weighted by atomic mass is 32.2. The fourth-order valence-electron chi connectivity index (χ4n) is 3.50. The molecule has 8 nitrogen and oxygen atoms in total. The Morgan fingerprint density at radius 3 is 2.65 bits per heavy atom. The van der Waals surface area contributed by atoms with Crippen molar-refractivity contribution in [1.29, 1.82) is 0 Å². The summed E-state index contributed by atoms with van der Waals surface area (Å²) < 4.78 is 27.4. The number of aryl methyl sites for hydroxylation is 1. The molecule has 1 aromatic heterocycles. The smallest absolute Gasteiger partial charge is 0.235 e. The third-order valence-corrected chi connectivity index (χ3v) is 7.83. The van der Waals surface area contributed by atoms with E-state index in [-0.39, 0.29) is 17.4 Å². The summed E-state index contributed by atoms with van der Waals surface area (Å²) in [4.78, 5) is 12.4. The SMILES string of the molecule is CCc1ccccc1-n1cnnc1SCC(=O)Nc1ccc(N2CCCS2(=O)=O)cc1. The maximum absolute atomic E-state index is 12.4.